The number of amides is 1. The zero-order valence-electron chi connectivity index (χ0n) is 12.8. The van der Waals surface area contributed by atoms with Crippen LogP contribution >= 0.6 is 0 Å². The van der Waals surface area contributed by atoms with E-state index < -0.39 is 0 Å². The van der Waals surface area contributed by atoms with Crippen molar-refractivity contribution in [3.05, 3.63) is 29.2 Å². The molecule has 0 aliphatic rings. The number of pyridine rings is 1. The van der Waals surface area contributed by atoms with E-state index >= 15 is 0 Å². The van der Waals surface area contributed by atoms with Crippen molar-refractivity contribution in [3.8, 4) is 0 Å². The first-order valence-electron chi connectivity index (χ1n) is 6.90. The molecule has 0 saturated heterocycles. The Hall–Kier alpha value is -2.77. The average molecular weight is 300 g/mol. The summed E-state index contributed by atoms with van der Waals surface area (Å²) in [5, 5.41) is 15.0. The number of nitrogens with one attached hydrogen (secondary N) is 1. The number of anilines is 1. The molecule has 0 atom stereocenters. The highest BCUT2D eigenvalue weighted by Crippen LogP contribution is 2.28. The highest BCUT2D eigenvalue weighted by Gasteiger charge is 2.21. The van der Waals surface area contributed by atoms with Gasteiger partial charge in [0.1, 0.15) is 0 Å². The molecule has 0 unspecified atom stereocenters. The second kappa shape index (κ2) is 5.21. The molecule has 3 heterocycles. The molecule has 1 amide bonds. The second-order valence-electron chi connectivity index (χ2n) is 5.45. The number of aryl methyl sites for hydroxylation is 2. The molecule has 0 aromatic carbocycles. The maximum absolute atomic E-state index is 12.6. The third-order valence-corrected chi connectivity index (χ3v) is 3.24. The lowest BCUT2D eigenvalue weighted by Gasteiger charge is -2.06. The van der Waals surface area contributed by atoms with E-state index in [0.29, 0.717) is 33.9 Å². The van der Waals surface area contributed by atoms with Crippen LogP contribution in [0.1, 0.15) is 41.5 Å². The van der Waals surface area contributed by atoms with Crippen molar-refractivity contribution in [2.24, 2.45) is 7.05 Å². The van der Waals surface area contributed by atoms with E-state index in [1.165, 1.54) is 4.68 Å². The van der Waals surface area contributed by atoms with Gasteiger partial charge >= 0.3 is 0 Å². The minimum Gasteiger partial charge on any atom is -0.335 e. The molecule has 8 heteroatoms. The first kappa shape index (κ1) is 14.2. The van der Waals surface area contributed by atoms with E-state index in [2.05, 4.69) is 25.8 Å². The first-order valence-corrected chi connectivity index (χ1v) is 6.90. The Morgan fingerprint density at radius 2 is 2.18 bits per heavy atom. The molecular formula is C14H16N6O2. The Labute approximate surface area is 126 Å². The molecule has 3 aromatic rings. The van der Waals surface area contributed by atoms with E-state index in [-0.39, 0.29) is 11.8 Å². The van der Waals surface area contributed by atoms with Crippen LogP contribution < -0.4 is 5.32 Å². The SMILES string of the molecule is Cc1cc(C(=O)Nc2cn(C)nn2)c2c(C(C)C)noc2n1. The molecule has 114 valence electrons. The monoisotopic (exact) mass is 300 g/mol. The summed E-state index contributed by atoms with van der Waals surface area (Å²) in [5.74, 6) is 0.215. The minimum absolute atomic E-state index is 0.119. The Bertz CT molecular complexity index is 848. The topological polar surface area (TPSA) is 98.7 Å². The molecule has 1 N–H and O–H groups in total. The lowest BCUT2D eigenvalue weighted by atomic mass is 10.0. The van der Waals surface area contributed by atoms with E-state index in [1.54, 1.807) is 26.2 Å². The van der Waals surface area contributed by atoms with E-state index in [0.717, 1.165) is 0 Å². The standard InChI is InChI=1S/C14H16N6O2/c1-7(2)12-11-9(5-8(3)15-14(11)22-18-12)13(21)16-10-6-20(4)19-17-10/h5-7H,1-4H3,(H,16,21). The van der Waals surface area contributed by atoms with Crippen LogP contribution in [0.2, 0.25) is 0 Å². The number of hydrogen-bond acceptors (Lipinski definition) is 6. The molecule has 22 heavy (non-hydrogen) atoms. The van der Waals surface area contributed by atoms with Gasteiger partial charge in [-0.1, -0.05) is 24.2 Å². The van der Waals surface area contributed by atoms with Crippen molar-refractivity contribution >= 4 is 22.8 Å². The molecule has 0 aliphatic heterocycles. The third-order valence-electron chi connectivity index (χ3n) is 3.24. The number of rotatable bonds is 3. The lowest BCUT2D eigenvalue weighted by molar-refractivity contribution is 0.102. The van der Waals surface area contributed by atoms with Crippen LogP contribution in [0.5, 0.6) is 0 Å². The van der Waals surface area contributed by atoms with Crippen molar-refractivity contribution < 1.29 is 9.32 Å². The molecule has 0 fully saturated rings. The summed E-state index contributed by atoms with van der Waals surface area (Å²) >= 11 is 0. The van der Waals surface area contributed by atoms with Crippen LogP contribution in [0.15, 0.2) is 16.8 Å². The summed E-state index contributed by atoms with van der Waals surface area (Å²) in [6, 6.07) is 1.72. The Kier molecular flexibility index (Phi) is 3.36. The molecule has 0 spiro atoms. The molecule has 8 nitrogen and oxygen atoms in total. The van der Waals surface area contributed by atoms with Crippen molar-refractivity contribution in [3.63, 3.8) is 0 Å². The van der Waals surface area contributed by atoms with Gasteiger partial charge in [-0.15, -0.1) is 5.10 Å². The van der Waals surface area contributed by atoms with Crippen LogP contribution in [0.4, 0.5) is 5.82 Å². The fourth-order valence-corrected chi connectivity index (χ4v) is 2.26. The maximum Gasteiger partial charge on any atom is 0.259 e. The van der Waals surface area contributed by atoms with Gasteiger partial charge < -0.3 is 9.84 Å². The minimum atomic E-state index is -0.291. The van der Waals surface area contributed by atoms with Gasteiger partial charge in [0, 0.05) is 12.7 Å². The maximum atomic E-state index is 12.6. The fourth-order valence-electron chi connectivity index (χ4n) is 2.26. The normalized spacial score (nSPS) is 11.3. The van der Waals surface area contributed by atoms with Gasteiger partial charge in [-0.05, 0) is 18.9 Å². The van der Waals surface area contributed by atoms with Crippen molar-refractivity contribution in [1.29, 1.82) is 0 Å². The van der Waals surface area contributed by atoms with Gasteiger partial charge in [0.2, 0.25) is 0 Å². The molecule has 0 radical (unpaired) electrons. The van der Waals surface area contributed by atoms with Gasteiger partial charge in [0.05, 0.1) is 22.8 Å². The van der Waals surface area contributed by atoms with E-state index in [4.69, 9.17) is 4.52 Å². The predicted molar refractivity (Wildman–Crippen MR) is 79.6 cm³/mol. The summed E-state index contributed by atoms with van der Waals surface area (Å²) in [4.78, 5) is 16.9. The number of hydrogen-bond donors (Lipinski definition) is 1. The Morgan fingerprint density at radius 1 is 1.41 bits per heavy atom. The van der Waals surface area contributed by atoms with Gasteiger partial charge in [-0.3, -0.25) is 9.48 Å². The highest BCUT2D eigenvalue weighted by molar-refractivity contribution is 6.12. The summed E-state index contributed by atoms with van der Waals surface area (Å²) < 4.78 is 6.78. The van der Waals surface area contributed by atoms with Crippen molar-refractivity contribution in [1.82, 2.24) is 25.1 Å². The first-order chi connectivity index (χ1) is 10.5. The number of nitrogens with zero attached hydrogens (tertiary/aromatic N) is 5. The number of aromatic nitrogens is 5. The molecule has 3 aromatic heterocycles. The van der Waals surface area contributed by atoms with Crippen LogP contribution in [0.25, 0.3) is 11.1 Å². The predicted octanol–water partition coefficient (Wildman–Crippen LogP) is 2.04. The Morgan fingerprint density at radius 3 is 2.82 bits per heavy atom. The summed E-state index contributed by atoms with van der Waals surface area (Å²) in [6.07, 6.45) is 1.63. The van der Waals surface area contributed by atoms with Gasteiger partial charge in [-0.25, -0.2) is 4.98 Å². The summed E-state index contributed by atoms with van der Waals surface area (Å²) in [5.41, 5.74) is 2.24. The van der Waals surface area contributed by atoms with Gasteiger partial charge in [0.25, 0.3) is 11.6 Å². The molecule has 3 rings (SSSR count). The highest BCUT2D eigenvalue weighted by atomic mass is 16.5. The molecular weight excluding hydrogens is 284 g/mol. The molecule has 0 saturated carbocycles. The van der Waals surface area contributed by atoms with Gasteiger partial charge in [-0.2, -0.15) is 0 Å². The number of carbonyl (C=O) groups is 1. The second-order valence-corrected chi connectivity index (χ2v) is 5.45. The Balaban J connectivity index is 2.08. The number of fused-ring (bicyclic) bond motifs is 1. The zero-order chi connectivity index (χ0) is 15.9. The summed E-state index contributed by atoms with van der Waals surface area (Å²) in [7, 11) is 1.73. The van der Waals surface area contributed by atoms with Crippen LogP contribution in [0, 0.1) is 6.92 Å². The largest absolute Gasteiger partial charge is 0.335 e. The zero-order valence-corrected chi connectivity index (χ0v) is 12.8. The average Bonchev–Trinajstić information content (AvgIpc) is 3.03. The fraction of sp³-hybridized carbons (Fsp3) is 0.357. The van der Waals surface area contributed by atoms with Crippen molar-refractivity contribution in [2.75, 3.05) is 5.32 Å². The lowest BCUT2D eigenvalue weighted by Crippen LogP contribution is -2.14. The summed E-state index contributed by atoms with van der Waals surface area (Å²) in [6.45, 7) is 5.78. The van der Waals surface area contributed by atoms with Crippen molar-refractivity contribution in [2.45, 2.75) is 26.7 Å². The van der Waals surface area contributed by atoms with Crippen LogP contribution in [0.3, 0.4) is 0 Å². The number of carbonyl (C=O) groups excluding carboxylic acids is 1. The quantitative estimate of drug-likeness (QED) is 0.794. The van der Waals surface area contributed by atoms with E-state index in [9.17, 15) is 4.79 Å². The van der Waals surface area contributed by atoms with Crippen LogP contribution in [-0.2, 0) is 7.05 Å². The van der Waals surface area contributed by atoms with Crippen LogP contribution in [-0.4, -0.2) is 31.0 Å². The van der Waals surface area contributed by atoms with E-state index in [1.807, 2.05) is 13.8 Å². The molecule has 0 aliphatic carbocycles. The third kappa shape index (κ3) is 2.43. The molecule has 0 bridgehead atoms. The van der Waals surface area contributed by atoms with Gasteiger partial charge in [0.15, 0.2) is 5.82 Å². The smallest absolute Gasteiger partial charge is 0.259 e.